The number of ether oxygens (including phenoxy) is 3. The van der Waals surface area contributed by atoms with Gasteiger partial charge < -0.3 is 19.5 Å². The fourth-order valence-electron chi connectivity index (χ4n) is 2.62. The molecule has 2 aromatic rings. The van der Waals surface area contributed by atoms with E-state index in [0.29, 0.717) is 11.5 Å². The van der Waals surface area contributed by atoms with Crippen LogP contribution in [0, 0.1) is 0 Å². The van der Waals surface area contributed by atoms with Gasteiger partial charge >= 0.3 is 5.97 Å². The second kappa shape index (κ2) is 9.42. The number of amides is 1. The topological polar surface area (TPSA) is 108 Å². The molecule has 0 bridgehead atoms. The first-order valence-electron chi connectivity index (χ1n) is 9.02. The van der Waals surface area contributed by atoms with Gasteiger partial charge in [0, 0.05) is 0 Å². The molecule has 1 atom stereocenters. The van der Waals surface area contributed by atoms with Crippen LogP contribution in [0.4, 0.5) is 0 Å². The van der Waals surface area contributed by atoms with E-state index in [-0.39, 0.29) is 36.3 Å². The van der Waals surface area contributed by atoms with E-state index in [1.54, 1.807) is 30.3 Å². The molecule has 0 aliphatic carbocycles. The molecule has 0 aromatic heterocycles. The summed E-state index contributed by atoms with van der Waals surface area (Å²) in [7, 11) is -3.57. The Morgan fingerprint density at radius 2 is 1.72 bits per heavy atom. The molecule has 1 N–H and O–H groups in total. The maximum absolute atomic E-state index is 12.1. The van der Waals surface area contributed by atoms with Crippen molar-refractivity contribution in [2.75, 3.05) is 25.5 Å². The highest BCUT2D eigenvalue weighted by Gasteiger charge is 2.21. The van der Waals surface area contributed by atoms with E-state index in [0.717, 1.165) is 0 Å². The Balaban J connectivity index is 1.36. The third kappa shape index (κ3) is 5.95. The second-order valence-electron chi connectivity index (χ2n) is 6.34. The van der Waals surface area contributed by atoms with Gasteiger partial charge in [0.15, 0.2) is 27.9 Å². The van der Waals surface area contributed by atoms with Gasteiger partial charge in [-0.25, -0.2) is 8.42 Å². The predicted octanol–water partition coefficient (Wildman–Crippen LogP) is 1.35. The Bertz CT molecular complexity index is 960. The summed E-state index contributed by atoms with van der Waals surface area (Å²) in [5.41, 5.74) is 0. The average Bonchev–Trinajstić information content (AvgIpc) is 2.75. The largest absolute Gasteiger partial charge is 0.486 e. The van der Waals surface area contributed by atoms with Crippen molar-refractivity contribution >= 4 is 21.7 Å². The van der Waals surface area contributed by atoms with Crippen LogP contribution in [-0.2, 0) is 24.2 Å². The molecule has 2 aromatic carbocycles. The Morgan fingerprint density at radius 1 is 1.03 bits per heavy atom. The molecule has 29 heavy (non-hydrogen) atoms. The first kappa shape index (κ1) is 20.7. The maximum atomic E-state index is 12.1. The fraction of sp³-hybridized carbons (Fsp3) is 0.300. The minimum atomic E-state index is -3.57. The van der Waals surface area contributed by atoms with Crippen LogP contribution in [0.1, 0.15) is 6.42 Å². The van der Waals surface area contributed by atoms with Crippen molar-refractivity contribution in [1.29, 1.82) is 0 Å². The van der Waals surface area contributed by atoms with Crippen LogP contribution in [0.5, 0.6) is 11.5 Å². The summed E-state index contributed by atoms with van der Waals surface area (Å²) < 4.78 is 40.4. The van der Waals surface area contributed by atoms with E-state index in [4.69, 9.17) is 14.2 Å². The van der Waals surface area contributed by atoms with Crippen LogP contribution in [0.3, 0.4) is 0 Å². The van der Waals surface area contributed by atoms with E-state index in [2.05, 4.69) is 5.32 Å². The monoisotopic (exact) mass is 419 g/mol. The zero-order valence-electron chi connectivity index (χ0n) is 15.6. The lowest BCUT2D eigenvalue weighted by Gasteiger charge is -2.26. The highest BCUT2D eigenvalue weighted by molar-refractivity contribution is 7.91. The van der Waals surface area contributed by atoms with Crippen molar-refractivity contribution < 1.29 is 32.2 Å². The fourth-order valence-corrected chi connectivity index (χ4v) is 3.87. The minimum Gasteiger partial charge on any atom is -0.486 e. The first-order valence-corrected chi connectivity index (χ1v) is 10.7. The van der Waals surface area contributed by atoms with Gasteiger partial charge in [0.05, 0.1) is 23.6 Å². The number of carbonyl (C=O) groups excluding carboxylic acids is 2. The molecule has 0 fully saturated rings. The lowest BCUT2D eigenvalue weighted by Crippen LogP contribution is -2.42. The lowest BCUT2D eigenvalue weighted by atomic mass is 10.2. The highest BCUT2D eigenvalue weighted by atomic mass is 32.2. The van der Waals surface area contributed by atoms with E-state index < -0.39 is 28.3 Å². The van der Waals surface area contributed by atoms with Crippen molar-refractivity contribution in [2.24, 2.45) is 0 Å². The zero-order valence-corrected chi connectivity index (χ0v) is 16.4. The SMILES string of the molecule is O=C(COC(=O)CCS(=O)(=O)c1ccccc1)NC[C@@H]1COc2ccccc2O1. The molecule has 0 spiro atoms. The lowest BCUT2D eigenvalue weighted by molar-refractivity contribution is -0.148. The molecule has 1 aliphatic rings. The van der Waals surface area contributed by atoms with E-state index in [9.17, 15) is 18.0 Å². The summed E-state index contributed by atoms with van der Waals surface area (Å²) >= 11 is 0. The minimum absolute atomic E-state index is 0.141. The Kier molecular flexibility index (Phi) is 6.71. The van der Waals surface area contributed by atoms with Crippen LogP contribution >= 0.6 is 0 Å². The van der Waals surface area contributed by atoms with E-state index in [1.165, 1.54) is 12.1 Å². The van der Waals surface area contributed by atoms with Gasteiger partial charge in [-0.1, -0.05) is 30.3 Å². The molecular weight excluding hydrogens is 398 g/mol. The number of rotatable bonds is 8. The van der Waals surface area contributed by atoms with Crippen molar-refractivity contribution in [3.63, 3.8) is 0 Å². The molecule has 0 radical (unpaired) electrons. The molecule has 0 saturated heterocycles. The van der Waals surface area contributed by atoms with E-state index >= 15 is 0 Å². The summed E-state index contributed by atoms with van der Waals surface area (Å²) in [5, 5.41) is 2.60. The Morgan fingerprint density at radius 3 is 2.48 bits per heavy atom. The highest BCUT2D eigenvalue weighted by Crippen LogP contribution is 2.30. The molecule has 0 unspecified atom stereocenters. The van der Waals surface area contributed by atoms with Crippen molar-refractivity contribution in [1.82, 2.24) is 5.32 Å². The summed E-state index contributed by atoms with van der Waals surface area (Å²) in [5.74, 6) is -0.402. The van der Waals surface area contributed by atoms with Gasteiger partial charge in [-0.15, -0.1) is 0 Å². The van der Waals surface area contributed by atoms with Gasteiger partial charge in [0.25, 0.3) is 5.91 Å². The Hall–Kier alpha value is -3.07. The number of esters is 1. The summed E-state index contributed by atoms with van der Waals surface area (Å²) in [6.07, 6.45) is -0.693. The number of nitrogens with one attached hydrogen (secondary N) is 1. The predicted molar refractivity (Wildman–Crippen MR) is 103 cm³/mol. The third-order valence-electron chi connectivity index (χ3n) is 4.14. The molecule has 9 heteroatoms. The number of sulfone groups is 1. The number of para-hydroxylation sites is 2. The normalized spacial score (nSPS) is 15.4. The molecular formula is C20H21NO7S. The summed E-state index contributed by atoms with van der Waals surface area (Å²) in [4.78, 5) is 23.8. The number of benzene rings is 2. The molecule has 1 heterocycles. The molecule has 3 rings (SSSR count). The molecule has 1 aliphatic heterocycles. The number of hydrogen-bond acceptors (Lipinski definition) is 7. The van der Waals surface area contributed by atoms with E-state index in [1.807, 2.05) is 12.1 Å². The number of fused-ring (bicyclic) bond motifs is 1. The number of carbonyl (C=O) groups is 2. The van der Waals surface area contributed by atoms with Crippen LogP contribution in [-0.4, -0.2) is 51.9 Å². The standard InChI is InChI=1S/C20H21NO7S/c22-19(21-12-15-13-26-17-8-4-5-9-18(17)28-15)14-27-20(23)10-11-29(24,25)16-6-2-1-3-7-16/h1-9,15H,10-14H2,(H,21,22)/t15-/m1/s1. The third-order valence-corrected chi connectivity index (χ3v) is 5.87. The maximum Gasteiger partial charge on any atom is 0.307 e. The van der Waals surface area contributed by atoms with Crippen LogP contribution in [0.25, 0.3) is 0 Å². The van der Waals surface area contributed by atoms with Crippen LogP contribution in [0.15, 0.2) is 59.5 Å². The first-order chi connectivity index (χ1) is 13.9. The molecule has 154 valence electrons. The van der Waals surface area contributed by atoms with Crippen molar-refractivity contribution in [2.45, 2.75) is 17.4 Å². The smallest absolute Gasteiger partial charge is 0.307 e. The molecule has 1 amide bonds. The summed E-state index contributed by atoms with van der Waals surface area (Å²) in [6.45, 7) is -0.0179. The number of hydrogen-bond donors (Lipinski definition) is 1. The average molecular weight is 419 g/mol. The quantitative estimate of drug-likeness (QED) is 0.644. The van der Waals surface area contributed by atoms with Gasteiger partial charge in [-0.3, -0.25) is 9.59 Å². The summed E-state index contributed by atoms with van der Waals surface area (Å²) in [6, 6.07) is 15.1. The van der Waals surface area contributed by atoms with Gasteiger partial charge in [0.2, 0.25) is 0 Å². The second-order valence-corrected chi connectivity index (χ2v) is 8.45. The Labute approximate surface area is 168 Å². The van der Waals surface area contributed by atoms with Crippen LogP contribution in [0.2, 0.25) is 0 Å². The van der Waals surface area contributed by atoms with Crippen molar-refractivity contribution in [3.05, 3.63) is 54.6 Å². The zero-order chi connectivity index (χ0) is 20.7. The van der Waals surface area contributed by atoms with Gasteiger partial charge in [0.1, 0.15) is 12.7 Å². The molecule has 8 nitrogen and oxygen atoms in total. The van der Waals surface area contributed by atoms with Crippen LogP contribution < -0.4 is 14.8 Å². The van der Waals surface area contributed by atoms with Gasteiger partial charge in [-0.2, -0.15) is 0 Å². The van der Waals surface area contributed by atoms with Gasteiger partial charge in [-0.05, 0) is 24.3 Å². The molecule has 0 saturated carbocycles. The van der Waals surface area contributed by atoms with Crippen molar-refractivity contribution in [3.8, 4) is 11.5 Å².